The van der Waals surface area contributed by atoms with Gasteiger partial charge in [0.15, 0.2) is 5.95 Å². The first-order chi connectivity index (χ1) is 4.86. The van der Waals surface area contributed by atoms with Crippen LogP contribution in [0.3, 0.4) is 0 Å². The summed E-state index contributed by atoms with van der Waals surface area (Å²) in [7, 11) is 0. The van der Waals surface area contributed by atoms with Crippen molar-refractivity contribution in [2.75, 3.05) is 5.73 Å². The molecule has 3 N–H and O–H groups in total. The van der Waals surface area contributed by atoms with Crippen molar-refractivity contribution < 1.29 is 0 Å². The van der Waals surface area contributed by atoms with Gasteiger partial charge in [0.05, 0.1) is 11.7 Å². The van der Waals surface area contributed by atoms with Gasteiger partial charge in [-0.15, -0.1) is 5.10 Å². The van der Waals surface area contributed by atoms with E-state index in [9.17, 15) is 0 Å². The van der Waals surface area contributed by atoms with Crippen molar-refractivity contribution in [3.63, 3.8) is 0 Å². The van der Waals surface area contributed by atoms with Gasteiger partial charge in [-0.25, -0.2) is 0 Å². The highest BCUT2D eigenvalue weighted by molar-refractivity contribution is 5.71. The number of hydrogen-bond acceptors (Lipinski definition) is 4. The van der Waals surface area contributed by atoms with Gasteiger partial charge in [0.1, 0.15) is 0 Å². The Morgan fingerprint density at radius 1 is 1.50 bits per heavy atom. The van der Waals surface area contributed by atoms with Crippen molar-refractivity contribution >= 4 is 17.1 Å². The topological polar surface area (TPSA) is 80.5 Å². The highest BCUT2D eigenvalue weighted by atomic mass is 15.2. The number of aromatic amines is 1. The number of nitrogens with zero attached hydrogens (tertiary/aromatic N) is 3. The molecular weight excluding hydrogens is 130 g/mol. The van der Waals surface area contributed by atoms with Gasteiger partial charge < -0.3 is 10.7 Å². The summed E-state index contributed by atoms with van der Waals surface area (Å²) in [4.78, 5) is 6.68. The molecule has 0 amide bonds. The first-order valence-electron chi connectivity index (χ1n) is 2.79. The second kappa shape index (κ2) is 1.66. The zero-order valence-corrected chi connectivity index (χ0v) is 5.07. The summed E-state index contributed by atoms with van der Waals surface area (Å²) < 4.78 is 0. The van der Waals surface area contributed by atoms with E-state index in [2.05, 4.69) is 20.2 Å². The fourth-order valence-electron chi connectivity index (χ4n) is 0.784. The Kier molecular flexibility index (Phi) is 0.858. The number of H-pyrrole nitrogens is 1. The van der Waals surface area contributed by atoms with Gasteiger partial charge in [-0.1, -0.05) is 0 Å². The Morgan fingerprint density at radius 3 is 3.20 bits per heavy atom. The average Bonchev–Trinajstić information content (AvgIpc) is 2.27. The average molecular weight is 135 g/mol. The third-order valence-electron chi connectivity index (χ3n) is 1.19. The molecule has 0 atom stereocenters. The Balaban J connectivity index is 2.88. The molecular formula is C5H5N5. The van der Waals surface area contributed by atoms with E-state index < -0.39 is 0 Å². The lowest BCUT2D eigenvalue weighted by Crippen LogP contribution is -1.84. The van der Waals surface area contributed by atoms with Gasteiger partial charge in [-0.2, -0.15) is 10.1 Å². The lowest BCUT2D eigenvalue weighted by Gasteiger charge is -1.79. The van der Waals surface area contributed by atoms with Crippen molar-refractivity contribution in [3.8, 4) is 0 Å². The van der Waals surface area contributed by atoms with Crippen LogP contribution in [0.2, 0.25) is 0 Å². The molecule has 2 aromatic rings. The number of nitrogens with two attached hydrogens (primary N) is 1. The monoisotopic (exact) mass is 135 g/mol. The highest BCUT2D eigenvalue weighted by Crippen LogP contribution is 2.05. The van der Waals surface area contributed by atoms with Crippen LogP contribution in [0.15, 0.2) is 12.3 Å². The molecule has 2 aromatic heterocycles. The van der Waals surface area contributed by atoms with Crippen LogP contribution >= 0.6 is 0 Å². The van der Waals surface area contributed by atoms with Crippen LogP contribution < -0.4 is 5.73 Å². The van der Waals surface area contributed by atoms with E-state index >= 15 is 0 Å². The minimum atomic E-state index is 0.371. The van der Waals surface area contributed by atoms with Gasteiger partial charge in [-0.3, -0.25) is 0 Å². The molecule has 5 nitrogen and oxygen atoms in total. The molecule has 0 aliphatic carbocycles. The van der Waals surface area contributed by atoms with Crippen LogP contribution in [0.1, 0.15) is 0 Å². The molecule has 0 aliphatic rings. The summed E-state index contributed by atoms with van der Waals surface area (Å²) in [6, 6.07) is 1.77. The number of imidazole rings is 1. The summed E-state index contributed by atoms with van der Waals surface area (Å²) in [6.07, 6.45) is 1.58. The van der Waals surface area contributed by atoms with Crippen LogP contribution in [0, 0.1) is 0 Å². The van der Waals surface area contributed by atoms with Gasteiger partial charge in [0.2, 0.25) is 5.65 Å². The van der Waals surface area contributed by atoms with Gasteiger partial charge in [0, 0.05) is 0 Å². The van der Waals surface area contributed by atoms with Crippen molar-refractivity contribution in [2.45, 2.75) is 0 Å². The zero-order valence-electron chi connectivity index (χ0n) is 5.07. The van der Waals surface area contributed by atoms with Crippen LogP contribution in [-0.2, 0) is 0 Å². The maximum Gasteiger partial charge on any atom is 0.201 e. The van der Waals surface area contributed by atoms with Crippen molar-refractivity contribution in [1.29, 1.82) is 0 Å². The van der Waals surface area contributed by atoms with E-state index in [-0.39, 0.29) is 0 Å². The van der Waals surface area contributed by atoms with Crippen LogP contribution in [0.4, 0.5) is 5.95 Å². The largest absolute Gasteiger partial charge is 0.369 e. The second-order valence-corrected chi connectivity index (χ2v) is 1.89. The van der Waals surface area contributed by atoms with E-state index in [1.807, 2.05) is 0 Å². The van der Waals surface area contributed by atoms with E-state index in [1.165, 1.54) is 0 Å². The summed E-state index contributed by atoms with van der Waals surface area (Å²) in [5.74, 6) is 0.371. The Bertz CT molecular complexity index is 319. The quantitative estimate of drug-likeness (QED) is 0.530. The number of rotatable bonds is 0. The number of fused-ring (bicyclic) bond motifs is 1. The van der Waals surface area contributed by atoms with E-state index in [0.29, 0.717) is 11.6 Å². The molecule has 0 aliphatic heterocycles. The van der Waals surface area contributed by atoms with Crippen LogP contribution in [0.25, 0.3) is 11.2 Å². The van der Waals surface area contributed by atoms with Gasteiger partial charge >= 0.3 is 0 Å². The number of aromatic nitrogens is 4. The SMILES string of the molecule is Nc1nc2nnccc2[nH]1. The van der Waals surface area contributed by atoms with E-state index in [4.69, 9.17) is 5.73 Å². The van der Waals surface area contributed by atoms with Gasteiger partial charge in [0.25, 0.3) is 0 Å². The van der Waals surface area contributed by atoms with Crippen molar-refractivity contribution in [1.82, 2.24) is 20.2 Å². The number of anilines is 1. The number of hydrogen-bond donors (Lipinski definition) is 2. The predicted molar refractivity (Wildman–Crippen MR) is 36.1 cm³/mol. The Morgan fingerprint density at radius 2 is 2.40 bits per heavy atom. The minimum Gasteiger partial charge on any atom is -0.369 e. The summed E-state index contributed by atoms with van der Waals surface area (Å²) in [5, 5.41) is 7.37. The zero-order chi connectivity index (χ0) is 6.97. The lowest BCUT2D eigenvalue weighted by atomic mass is 10.5. The number of nitrogens with one attached hydrogen (secondary N) is 1. The molecule has 5 heteroatoms. The molecule has 0 fully saturated rings. The van der Waals surface area contributed by atoms with Crippen molar-refractivity contribution in [3.05, 3.63) is 12.3 Å². The maximum atomic E-state index is 5.36. The summed E-state index contributed by atoms with van der Waals surface area (Å²) in [5.41, 5.74) is 6.72. The Hall–Kier alpha value is -1.65. The van der Waals surface area contributed by atoms with Crippen molar-refractivity contribution in [2.24, 2.45) is 0 Å². The molecule has 0 spiro atoms. The third kappa shape index (κ3) is 0.604. The molecule has 0 saturated carbocycles. The molecule has 0 unspecified atom stereocenters. The molecule has 0 radical (unpaired) electrons. The van der Waals surface area contributed by atoms with Gasteiger partial charge in [-0.05, 0) is 6.07 Å². The second-order valence-electron chi connectivity index (χ2n) is 1.89. The predicted octanol–water partition coefficient (Wildman–Crippen LogP) is -0.0649. The molecule has 2 rings (SSSR count). The molecule has 50 valence electrons. The van der Waals surface area contributed by atoms with Crippen LogP contribution in [0.5, 0.6) is 0 Å². The normalized spacial score (nSPS) is 10.4. The molecule has 0 aromatic carbocycles. The fraction of sp³-hybridized carbons (Fsp3) is 0. The first-order valence-corrected chi connectivity index (χ1v) is 2.79. The summed E-state index contributed by atoms with van der Waals surface area (Å²) >= 11 is 0. The minimum absolute atomic E-state index is 0.371. The highest BCUT2D eigenvalue weighted by Gasteiger charge is 1.97. The molecule has 2 heterocycles. The third-order valence-corrected chi connectivity index (χ3v) is 1.19. The molecule has 10 heavy (non-hydrogen) atoms. The Labute approximate surface area is 56.3 Å². The van der Waals surface area contributed by atoms with E-state index in [0.717, 1.165) is 5.52 Å². The fourth-order valence-corrected chi connectivity index (χ4v) is 0.784. The molecule has 0 bridgehead atoms. The smallest absolute Gasteiger partial charge is 0.201 e. The molecule has 0 saturated heterocycles. The standard InChI is InChI=1S/C5H5N5/c6-5-8-3-1-2-7-10-4(3)9-5/h1-2H,(H3,6,8,9,10). The van der Waals surface area contributed by atoms with Crippen LogP contribution in [-0.4, -0.2) is 20.2 Å². The number of nitrogen functional groups attached to an aromatic ring is 1. The van der Waals surface area contributed by atoms with E-state index in [1.54, 1.807) is 12.3 Å². The maximum absolute atomic E-state index is 5.36. The first kappa shape index (κ1) is 5.16. The summed E-state index contributed by atoms with van der Waals surface area (Å²) in [6.45, 7) is 0. The lowest BCUT2D eigenvalue weighted by molar-refractivity contribution is 1.06.